The summed E-state index contributed by atoms with van der Waals surface area (Å²) in [7, 11) is 0. The second-order valence-electron chi connectivity index (χ2n) is 5.37. The van der Waals surface area contributed by atoms with Crippen molar-refractivity contribution < 1.29 is 5.11 Å². The third kappa shape index (κ3) is 2.73. The van der Waals surface area contributed by atoms with Crippen molar-refractivity contribution in [2.45, 2.75) is 76.2 Å². The largest absolute Gasteiger partial charge is 0.390 e. The Morgan fingerprint density at radius 3 is 2.07 bits per heavy atom. The van der Waals surface area contributed by atoms with Gasteiger partial charge in [0.25, 0.3) is 0 Å². The van der Waals surface area contributed by atoms with E-state index in [2.05, 4.69) is 0 Å². The lowest BCUT2D eigenvalue weighted by Crippen LogP contribution is -2.11. The van der Waals surface area contributed by atoms with Crippen molar-refractivity contribution >= 4 is 0 Å². The van der Waals surface area contributed by atoms with E-state index in [0.717, 1.165) is 12.8 Å². The second kappa shape index (κ2) is 4.65. The minimum absolute atomic E-state index is 0.209. The van der Waals surface area contributed by atoms with Crippen molar-refractivity contribution in [1.82, 2.24) is 0 Å². The SMILES string of the molecule is O[C@@]12CCCCCCCCCC[C@@H]1C2. The fourth-order valence-electron chi connectivity index (χ4n) is 2.93. The molecule has 1 heteroatoms. The van der Waals surface area contributed by atoms with Crippen molar-refractivity contribution in [2.75, 3.05) is 0 Å². The highest BCUT2D eigenvalue weighted by molar-refractivity contribution is 5.02. The Balaban J connectivity index is 1.75. The van der Waals surface area contributed by atoms with Crippen molar-refractivity contribution in [3.63, 3.8) is 0 Å². The molecule has 2 aliphatic carbocycles. The fourth-order valence-corrected chi connectivity index (χ4v) is 2.93. The topological polar surface area (TPSA) is 20.2 Å². The minimum atomic E-state index is -0.209. The van der Waals surface area contributed by atoms with Crippen LogP contribution in [-0.4, -0.2) is 10.7 Å². The first-order chi connectivity index (χ1) is 6.81. The van der Waals surface area contributed by atoms with Crippen molar-refractivity contribution in [1.29, 1.82) is 0 Å². The molecule has 0 aromatic rings. The Hall–Kier alpha value is -0.0400. The van der Waals surface area contributed by atoms with Gasteiger partial charge in [0, 0.05) is 0 Å². The van der Waals surface area contributed by atoms with Crippen LogP contribution in [0, 0.1) is 5.92 Å². The van der Waals surface area contributed by atoms with E-state index in [0.29, 0.717) is 5.92 Å². The third-order valence-corrected chi connectivity index (χ3v) is 4.11. The molecule has 0 aliphatic heterocycles. The quantitative estimate of drug-likeness (QED) is 0.627. The summed E-state index contributed by atoms with van der Waals surface area (Å²) in [5.41, 5.74) is -0.209. The number of aliphatic hydroxyl groups is 1. The van der Waals surface area contributed by atoms with Gasteiger partial charge in [0.2, 0.25) is 0 Å². The Labute approximate surface area is 87.9 Å². The Bertz CT molecular complexity index is 178. The summed E-state index contributed by atoms with van der Waals surface area (Å²) in [5, 5.41) is 10.1. The Kier molecular flexibility index (Phi) is 3.48. The first-order valence-corrected chi connectivity index (χ1v) is 6.54. The molecule has 0 spiro atoms. The molecule has 0 unspecified atom stereocenters. The molecule has 2 rings (SSSR count). The fraction of sp³-hybridized carbons (Fsp3) is 1.00. The maximum atomic E-state index is 10.1. The van der Waals surface area contributed by atoms with E-state index in [1.54, 1.807) is 0 Å². The minimum Gasteiger partial charge on any atom is -0.390 e. The van der Waals surface area contributed by atoms with Crippen LogP contribution in [0.25, 0.3) is 0 Å². The van der Waals surface area contributed by atoms with Crippen LogP contribution >= 0.6 is 0 Å². The monoisotopic (exact) mass is 196 g/mol. The summed E-state index contributed by atoms with van der Waals surface area (Å²) in [5.74, 6) is 0.668. The number of fused-ring (bicyclic) bond motifs is 1. The molecular formula is C13H24O. The summed E-state index contributed by atoms with van der Waals surface area (Å²) < 4.78 is 0. The van der Waals surface area contributed by atoms with Crippen LogP contribution in [0.15, 0.2) is 0 Å². The molecule has 2 fully saturated rings. The number of hydrogen-bond donors (Lipinski definition) is 1. The average Bonchev–Trinajstić information content (AvgIpc) is 2.78. The van der Waals surface area contributed by atoms with Crippen LogP contribution in [0.5, 0.6) is 0 Å². The zero-order chi connectivity index (χ0) is 9.86. The van der Waals surface area contributed by atoms with Gasteiger partial charge in [0.15, 0.2) is 0 Å². The lowest BCUT2D eigenvalue weighted by atomic mass is 9.99. The highest BCUT2D eigenvalue weighted by Gasteiger charge is 2.50. The molecule has 1 N–H and O–H groups in total. The van der Waals surface area contributed by atoms with E-state index < -0.39 is 0 Å². The van der Waals surface area contributed by atoms with Crippen LogP contribution in [0.1, 0.15) is 70.6 Å². The average molecular weight is 196 g/mol. The smallest absolute Gasteiger partial charge is 0.0680 e. The first-order valence-electron chi connectivity index (χ1n) is 6.54. The normalized spacial score (nSPS) is 40.5. The molecule has 0 amide bonds. The van der Waals surface area contributed by atoms with E-state index in [1.165, 1.54) is 57.8 Å². The summed E-state index contributed by atoms with van der Waals surface area (Å²) in [6.07, 6.45) is 14.5. The van der Waals surface area contributed by atoms with Gasteiger partial charge in [0.05, 0.1) is 5.60 Å². The highest BCUT2D eigenvalue weighted by atomic mass is 16.3. The van der Waals surface area contributed by atoms with Crippen LogP contribution < -0.4 is 0 Å². The summed E-state index contributed by atoms with van der Waals surface area (Å²) in [6.45, 7) is 0. The predicted molar refractivity (Wildman–Crippen MR) is 59.2 cm³/mol. The van der Waals surface area contributed by atoms with E-state index in [4.69, 9.17) is 0 Å². The van der Waals surface area contributed by atoms with Crippen molar-refractivity contribution in [3.05, 3.63) is 0 Å². The number of rotatable bonds is 0. The molecule has 82 valence electrons. The zero-order valence-electron chi connectivity index (χ0n) is 9.30. The third-order valence-electron chi connectivity index (χ3n) is 4.11. The van der Waals surface area contributed by atoms with E-state index in [1.807, 2.05) is 0 Å². The van der Waals surface area contributed by atoms with E-state index >= 15 is 0 Å². The van der Waals surface area contributed by atoms with Gasteiger partial charge in [0.1, 0.15) is 0 Å². The second-order valence-corrected chi connectivity index (χ2v) is 5.37. The molecule has 0 aromatic carbocycles. The van der Waals surface area contributed by atoms with Crippen LogP contribution in [0.4, 0.5) is 0 Å². The van der Waals surface area contributed by atoms with Crippen LogP contribution in [-0.2, 0) is 0 Å². The van der Waals surface area contributed by atoms with Gasteiger partial charge in [-0.25, -0.2) is 0 Å². The molecule has 0 saturated heterocycles. The van der Waals surface area contributed by atoms with Crippen LogP contribution in [0.2, 0.25) is 0 Å². The molecule has 0 aromatic heterocycles. The molecule has 0 heterocycles. The lowest BCUT2D eigenvalue weighted by Gasteiger charge is -2.11. The molecular weight excluding hydrogens is 172 g/mol. The van der Waals surface area contributed by atoms with Gasteiger partial charge in [-0.3, -0.25) is 0 Å². The molecule has 0 radical (unpaired) electrons. The number of hydrogen-bond acceptors (Lipinski definition) is 1. The highest BCUT2D eigenvalue weighted by Crippen LogP contribution is 2.50. The van der Waals surface area contributed by atoms with Gasteiger partial charge in [-0.2, -0.15) is 0 Å². The molecule has 1 nitrogen and oxygen atoms in total. The zero-order valence-corrected chi connectivity index (χ0v) is 9.30. The molecule has 2 aliphatic rings. The standard InChI is InChI=1S/C13H24O/c14-13-10-8-6-4-2-1-3-5-7-9-12(13)11-13/h12,14H,1-11H2/t12-,13-/m1/s1. The van der Waals surface area contributed by atoms with Crippen molar-refractivity contribution in [2.24, 2.45) is 5.92 Å². The molecule has 0 bridgehead atoms. The van der Waals surface area contributed by atoms with Gasteiger partial charge >= 0.3 is 0 Å². The van der Waals surface area contributed by atoms with Gasteiger partial charge in [-0.1, -0.05) is 51.4 Å². The molecule has 2 saturated carbocycles. The maximum absolute atomic E-state index is 10.1. The van der Waals surface area contributed by atoms with E-state index in [-0.39, 0.29) is 5.60 Å². The first kappa shape index (κ1) is 10.5. The summed E-state index contributed by atoms with van der Waals surface area (Å²) >= 11 is 0. The Morgan fingerprint density at radius 2 is 1.36 bits per heavy atom. The summed E-state index contributed by atoms with van der Waals surface area (Å²) in [6, 6.07) is 0. The molecule has 2 atom stereocenters. The van der Waals surface area contributed by atoms with Gasteiger partial charge in [-0.15, -0.1) is 0 Å². The maximum Gasteiger partial charge on any atom is 0.0680 e. The van der Waals surface area contributed by atoms with Crippen LogP contribution in [0.3, 0.4) is 0 Å². The van der Waals surface area contributed by atoms with Gasteiger partial charge < -0.3 is 5.11 Å². The lowest BCUT2D eigenvalue weighted by molar-refractivity contribution is 0.115. The van der Waals surface area contributed by atoms with Crippen molar-refractivity contribution in [3.8, 4) is 0 Å². The van der Waals surface area contributed by atoms with E-state index in [9.17, 15) is 5.11 Å². The summed E-state index contributed by atoms with van der Waals surface area (Å²) in [4.78, 5) is 0. The predicted octanol–water partition coefficient (Wildman–Crippen LogP) is 3.65. The Morgan fingerprint density at radius 1 is 0.786 bits per heavy atom. The molecule has 14 heavy (non-hydrogen) atoms. The van der Waals surface area contributed by atoms with Gasteiger partial charge in [-0.05, 0) is 25.2 Å².